The molecule has 0 amide bonds. The summed E-state index contributed by atoms with van der Waals surface area (Å²) in [5, 5.41) is 13.4. The lowest BCUT2D eigenvalue weighted by molar-refractivity contribution is 0.145. The molecule has 2 rings (SSSR count). The molecule has 2 N–H and O–H groups in total. The van der Waals surface area contributed by atoms with Crippen molar-refractivity contribution in [3.05, 3.63) is 24.8 Å². The minimum atomic E-state index is -0.469. The van der Waals surface area contributed by atoms with Crippen LogP contribution in [-0.2, 0) is 0 Å². The van der Waals surface area contributed by atoms with Crippen LogP contribution in [0.25, 0.3) is 0 Å². The van der Waals surface area contributed by atoms with Crippen molar-refractivity contribution < 1.29 is 9.50 Å². The summed E-state index contributed by atoms with van der Waals surface area (Å²) in [6.45, 7) is 2.91. The molecule has 0 spiro atoms. The Hall–Kier alpha value is 0.910. The first-order chi connectivity index (χ1) is 8.63. The number of piperazine rings is 1. The van der Waals surface area contributed by atoms with Crippen LogP contribution in [0.15, 0.2) is 12.1 Å². The van der Waals surface area contributed by atoms with Gasteiger partial charge in [0.05, 0.1) is 9.61 Å². The fourth-order valence-electron chi connectivity index (χ4n) is 2.21. The third kappa shape index (κ3) is 4.98. The molecule has 0 aliphatic carbocycles. The van der Waals surface area contributed by atoms with Gasteiger partial charge < -0.3 is 10.4 Å². The van der Waals surface area contributed by atoms with Gasteiger partial charge >= 0.3 is 0 Å². The highest BCUT2D eigenvalue weighted by Gasteiger charge is 2.25. The SMILES string of the molecule is Cl.Cl.Oc1c(I)cc(I)cc1[C@H](CF)N1CCNCC1. The zero-order valence-electron chi connectivity index (χ0n) is 10.6. The molecule has 1 fully saturated rings. The molecular formula is C12H17Cl2FI2N2O. The highest BCUT2D eigenvalue weighted by Crippen LogP contribution is 2.34. The van der Waals surface area contributed by atoms with Crippen LogP contribution in [0.5, 0.6) is 5.75 Å². The van der Waals surface area contributed by atoms with Gasteiger partial charge in [0, 0.05) is 35.3 Å². The summed E-state index contributed by atoms with van der Waals surface area (Å²) in [6, 6.07) is 3.44. The molecule has 1 aromatic carbocycles. The third-order valence-corrected chi connectivity index (χ3v) is 4.60. The fraction of sp³-hybridized carbons (Fsp3) is 0.500. The van der Waals surface area contributed by atoms with Gasteiger partial charge in [-0.1, -0.05) is 0 Å². The van der Waals surface area contributed by atoms with Crippen LogP contribution in [0.3, 0.4) is 0 Å². The minimum absolute atomic E-state index is 0. The highest BCUT2D eigenvalue weighted by atomic mass is 127. The van der Waals surface area contributed by atoms with E-state index in [1.165, 1.54) is 0 Å². The summed E-state index contributed by atoms with van der Waals surface area (Å²) < 4.78 is 15.2. The molecule has 1 heterocycles. The Morgan fingerprint density at radius 1 is 1.25 bits per heavy atom. The van der Waals surface area contributed by atoms with Crippen molar-refractivity contribution in [1.29, 1.82) is 0 Å². The smallest absolute Gasteiger partial charge is 0.133 e. The first-order valence-corrected chi connectivity index (χ1v) is 7.98. The Morgan fingerprint density at radius 3 is 2.40 bits per heavy atom. The molecule has 3 nitrogen and oxygen atoms in total. The Morgan fingerprint density at radius 2 is 1.85 bits per heavy atom. The molecule has 1 atom stereocenters. The molecular weight excluding hydrogens is 532 g/mol. The molecule has 1 aliphatic heterocycles. The van der Waals surface area contributed by atoms with Crippen molar-refractivity contribution in [2.75, 3.05) is 32.9 Å². The maximum atomic E-state index is 13.4. The molecule has 116 valence electrons. The summed E-state index contributed by atoms with van der Waals surface area (Å²) >= 11 is 4.29. The van der Waals surface area contributed by atoms with E-state index in [0.29, 0.717) is 5.56 Å². The van der Waals surface area contributed by atoms with Gasteiger partial charge in [0.2, 0.25) is 0 Å². The van der Waals surface area contributed by atoms with E-state index < -0.39 is 6.67 Å². The molecule has 0 aromatic heterocycles. The molecule has 0 radical (unpaired) electrons. The number of nitrogens with one attached hydrogen (secondary N) is 1. The van der Waals surface area contributed by atoms with Gasteiger partial charge in [0.1, 0.15) is 12.4 Å². The average molecular weight is 549 g/mol. The number of halogens is 5. The van der Waals surface area contributed by atoms with Gasteiger partial charge in [-0.05, 0) is 57.3 Å². The van der Waals surface area contributed by atoms with Crippen molar-refractivity contribution in [3.8, 4) is 5.75 Å². The predicted octanol–water partition coefficient (Wildman–Crippen LogP) is 3.36. The number of alkyl halides is 1. The number of rotatable bonds is 3. The minimum Gasteiger partial charge on any atom is -0.506 e. The third-order valence-electron chi connectivity index (χ3n) is 3.16. The Balaban J connectivity index is 0.00000180. The van der Waals surface area contributed by atoms with Crippen molar-refractivity contribution in [3.63, 3.8) is 0 Å². The Bertz CT molecular complexity index is 434. The second-order valence-electron chi connectivity index (χ2n) is 4.28. The van der Waals surface area contributed by atoms with Crippen LogP contribution < -0.4 is 5.32 Å². The summed E-state index contributed by atoms with van der Waals surface area (Å²) in [7, 11) is 0. The van der Waals surface area contributed by atoms with Crippen LogP contribution in [-0.4, -0.2) is 42.9 Å². The number of aromatic hydroxyl groups is 1. The largest absolute Gasteiger partial charge is 0.506 e. The molecule has 1 saturated heterocycles. The zero-order chi connectivity index (χ0) is 13.1. The van der Waals surface area contributed by atoms with Crippen LogP contribution in [0, 0.1) is 7.14 Å². The fourth-order valence-corrected chi connectivity index (χ4v) is 4.10. The standard InChI is InChI=1S/C12H15FI2N2O.2ClH/c13-7-11(17-3-1-16-2-4-17)9-5-8(14)6-10(15)12(9)18;;/h5-6,11,16,18H,1-4,7H2;2*1H/t11-;;/m0../s1. The quantitative estimate of drug-likeness (QED) is 0.569. The molecule has 1 aromatic rings. The van der Waals surface area contributed by atoms with E-state index in [1.807, 2.05) is 12.1 Å². The number of phenols is 1. The van der Waals surface area contributed by atoms with Crippen LogP contribution in [0.2, 0.25) is 0 Å². The van der Waals surface area contributed by atoms with Crippen LogP contribution in [0.1, 0.15) is 11.6 Å². The van der Waals surface area contributed by atoms with Gasteiger partial charge in [0.25, 0.3) is 0 Å². The monoisotopic (exact) mass is 548 g/mol. The first-order valence-electron chi connectivity index (χ1n) is 5.82. The van der Waals surface area contributed by atoms with E-state index in [2.05, 4.69) is 55.4 Å². The number of benzene rings is 1. The van der Waals surface area contributed by atoms with E-state index >= 15 is 0 Å². The van der Waals surface area contributed by atoms with Gasteiger partial charge in [-0.15, -0.1) is 24.8 Å². The molecule has 0 unspecified atom stereocenters. The number of nitrogens with zero attached hydrogens (tertiary/aromatic N) is 1. The lowest BCUT2D eigenvalue weighted by Gasteiger charge is -2.34. The van der Waals surface area contributed by atoms with Gasteiger partial charge in [0.15, 0.2) is 0 Å². The highest BCUT2D eigenvalue weighted by molar-refractivity contribution is 14.1. The van der Waals surface area contributed by atoms with Crippen LogP contribution in [0.4, 0.5) is 4.39 Å². The van der Waals surface area contributed by atoms with Crippen molar-refractivity contribution in [1.82, 2.24) is 10.2 Å². The topological polar surface area (TPSA) is 35.5 Å². The Labute approximate surface area is 158 Å². The predicted molar refractivity (Wildman–Crippen MR) is 101 cm³/mol. The average Bonchev–Trinajstić information content (AvgIpc) is 2.37. The second-order valence-corrected chi connectivity index (χ2v) is 6.69. The molecule has 20 heavy (non-hydrogen) atoms. The summed E-state index contributed by atoms with van der Waals surface area (Å²) in [6.07, 6.45) is 0. The van der Waals surface area contributed by atoms with Crippen molar-refractivity contribution >= 4 is 70.0 Å². The lowest BCUT2D eigenvalue weighted by Crippen LogP contribution is -2.45. The number of phenolic OH excluding ortho intramolecular Hbond substituents is 1. The zero-order valence-corrected chi connectivity index (χ0v) is 16.6. The molecule has 0 saturated carbocycles. The summed E-state index contributed by atoms with van der Waals surface area (Å²) in [5.74, 6) is 0.220. The van der Waals surface area contributed by atoms with Crippen molar-refractivity contribution in [2.24, 2.45) is 0 Å². The van der Waals surface area contributed by atoms with Gasteiger partial charge in [-0.2, -0.15) is 0 Å². The van der Waals surface area contributed by atoms with Gasteiger partial charge in [-0.25, -0.2) is 4.39 Å². The van der Waals surface area contributed by atoms with E-state index in [0.717, 1.165) is 33.3 Å². The summed E-state index contributed by atoms with van der Waals surface area (Å²) in [5.41, 5.74) is 0.704. The first kappa shape index (κ1) is 20.9. The van der Waals surface area contributed by atoms with Gasteiger partial charge in [-0.3, -0.25) is 4.90 Å². The van der Waals surface area contributed by atoms with E-state index in [4.69, 9.17) is 0 Å². The molecule has 8 heteroatoms. The van der Waals surface area contributed by atoms with Crippen molar-refractivity contribution in [2.45, 2.75) is 6.04 Å². The molecule has 0 bridgehead atoms. The second kappa shape index (κ2) is 9.83. The number of hydrogen-bond donors (Lipinski definition) is 2. The maximum absolute atomic E-state index is 13.4. The van der Waals surface area contributed by atoms with E-state index in [9.17, 15) is 9.50 Å². The number of hydrogen-bond acceptors (Lipinski definition) is 3. The van der Waals surface area contributed by atoms with Crippen LogP contribution >= 0.6 is 70.0 Å². The normalized spacial score (nSPS) is 16.9. The Kier molecular flexibility index (Phi) is 10.3. The van der Waals surface area contributed by atoms with E-state index in [-0.39, 0.29) is 36.6 Å². The summed E-state index contributed by atoms with van der Waals surface area (Å²) in [4.78, 5) is 2.09. The molecule has 1 aliphatic rings. The lowest BCUT2D eigenvalue weighted by atomic mass is 10.0. The maximum Gasteiger partial charge on any atom is 0.133 e. The van der Waals surface area contributed by atoms with E-state index in [1.54, 1.807) is 0 Å².